The van der Waals surface area contributed by atoms with E-state index in [2.05, 4.69) is 31.2 Å². The Morgan fingerprint density at radius 2 is 1.38 bits per heavy atom. The highest BCUT2D eigenvalue weighted by atomic mass is 19.4. The Morgan fingerprint density at radius 3 is 2.00 bits per heavy atom. The summed E-state index contributed by atoms with van der Waals surface area (Å²) in [5, 5.41) is 0. The minimum absolute atomic E-state index is 0.459. The Morgan fingerprint density at radius 1 is 0.793 bits per heavy atom. The van der Waals surface area contributed by atoms with E-state index in [9.17, 15) is 13.2 Å². The summed E-state index contributed by atoms with van der Waals surface area (Å²) in [6, 6.07) is 13.9. The Labute approximate surface area is 171 Å². The molecule has 0 heterocycles. The van der Waals surface area contributed by atoms with E-state index in [1.807, 2.05) is 0 Å². The van der Waals surface area contributed by atoms with Gasteiger partial charge in [-0.1, -0.05) is 36.4 Å². The molecule has 2 aromatic carbocycles. The highest BCUT2D eigenvalue weighted by Gasteiger charge is 2.36. The van der Waals surface area contributed by atoms with Crippen molar-refractivity contribution in [1.82, 2.24) is 0 Å². The fraction of sp³-hybridized carbons (Fsp3) is 0.520. The summed E-state index contributed by atoms with van der Waals surface area (Å²) < 4.78 is 44.1. The van der Waals surface area contributed by atoms with Crippen molar-refractivity contribution in [2.75, 3.05) is 6.61 Å². The maximum absolute atomic E-state index is 12.8. The molecule has 0 saturated heterocycles. The SMILES string of the molecule is CCOC1CCC2CC(c3ccc(-c4ccc(C(F)(F)F)cc4)cc3)CCC2C1. The normalized spacial score (nSPS) is 27.4. The zero-order chi connectivity index (χ0) is 20.4. The Kier molecular flexibility index (Phi) is 6.00. The summed E-state index contributed by atoms with van der Waals surface area (Å²) in [4.78, 5) is 0. The second-order valence-electron chi connectivity index (χ2n) is 8.62. The predicted molar refractivity (Wildman–Crippen MR) is 110 cm³/mol. The van der Waals surface area contributed by atoms with Crippen molar-refractivity contribution in [2.24, 2.45) is 11.8 Å². The van der Waals surface area contributed by atoms with E-state index in [1.54, 1.807) is 12.1 Å². The molecule has 29 heavy (non-hydrogen) atoms. The fourth-order valence-electron chi connectivity index (χ4n) is 5.34. The van der Waals surface area contributed by atoms with Crippen LogP contribution in [0.1, 0.15) is 62.5 Å². The highest BCUT2D eigenvalue weighted by Crippen LogP contribution is 2.46. The molecule has 4 atom stereocenters. The van der Waals surface area contributed by atoms with Crippen LogP contribution in [0.4, 0.5) is 13.2 Å². The van der Waals surface area contributed by atoms with Gasteiger partial charge in [-0.15, -0.1) is 0 Å². The summed E-state index contributed by atoms with van der Waals surface area (Å²) in [5.74, 6) is 2.21. The van der Waals surface area contributed by atoms with E-state index in [0.717, 1.165) is 41.7 Å². The monoisotopic (exact) mass is 402 g/mol. The van der Waals surface area contributed by atoms with Gasteiger partial charge in [-0.25, -0.2) is 0 Å². The summed E-state index contributed by atoms with van der Waals surface area (Å²) in [6.07, 6.45) is 3.61. The van der Waals surface area contributed by atoms with Crippen LogP contribution in [0.15, 0.2) is 48.5 Å². The number of hydrogen-bond acceptors (Lipinski definition) is 1. The highest BCUT2D eigenvalue weighted by molar-refractivity contribution is 5.64. The molecule has 0 aliphatic heterocycles. The largest absolute Gasteiger partial charge is 0.416 e. The van der Waals surface area contributed by atoms with Crippen LogP contribution in [0.2, 0.25) is 0 Å². The van der Waals surface area contributed by atoms with Crippen molar-refractivity contribution in [3.05, 3.63) is 59.7 Å². The standard InChI is InChI=1S/C25H29F3O/c1-2-29-24-14-11-21-15-20(7-8-22(21)16-24)19-5-3-17(4-6-19)18-9-12-23(13-10-18)25(26,27)28/h3-6,9-10,12-13,20-22,24H,2,7-8,11,14-16H2,1H3. The maximum atomic E-state index is 12.8. The minimum atomic E-state index is -4.29. The Bertz CT molecular complexity index is 794. The molecular weight excluding hydrogens is 373 g/mol. The number of halogens is 3. The van der Waals surface area contributed by atoms with Crippen LogP contribution in [0.25, 0.3) is 11.1 Å². The van der Waals surface area contributed by atoms with Gasteiger partial charge >= 0.3 is 6.18 Å². The Hall–Kier alpha value is -1.81. The van der Waals surface area contributed by atoms with E-state index >= 15 is 0 Å². The van der Waals surface area contributed by atoms with Gasteiger partial charge in [0, 0.05) is 6.61 Å². The first-order chi connectivity index (χ1) is 13.9. The summed E-state index contributed by atoms with van der Waals surface area (Å²) in [7, 11) is 0. The lowest BCUT2D eigenvalue weighted by atomic mass is 9.65. The quantitative estimate of drug-likeness (QED) is 0.516. The van der Waals surface area contributed by atoms with Crippen molar-refractivity contribution >= 4 is 0 Å². The summed E-state index contributed by atoms with van der Waals surface area (Å²) in [5.41, 5.74) is 2.55. The van der Waals surface area contributed by atoms with Crippen LogP contribution in [0.5, 0.6) is 0 Å². The van der Waals surface area contributed by atoms with E-state index < -0.39 is 11.7 Å². The molecule has 2 aliphatic carbocycles. The average molecular weight is 403 g/mol. The molecule has 0 bridgehead atoms. The molecule has 2 aromatic rings. The van der Waals surface area contributed by atoms with Gasteiger partial charge in [-0.05, 0) is 92.0 Å². The third-order valence-corrected chi connectivity index (χ3v) is 6.89. The van der Waals surface area contributed by atoms with Gasteiger partial charge in [0.2, 0.25) is 0 Å². The second kappa shape index (κ2) is 8.51. The molecule has 0 radical (unpaired) electrons. The third kappa shape index (κ3) is 4.69. The van der Waals surface area contributed by atoms with Crippen LogP contribution >= 0.6 is 0 Å². The third-order valence-electron chi connectivity index (χ3n) is 6.89. The molecule has 4 heteroatoms. The molecule has 1 nitrogen and oxygen atoms in total. The molecule has 156 valence electrons. The van der Waals surface area contributed by atoms with Crippen LogP contribution in [0.3, 0.4) is 0 Å². The van der Waals surface area contributed by atoms with Gasteiger partial charge in [0.15, 0.2) is 0 Å². The zero-order valence-corrected chi connectivity index (χ0v) is 16.9. The summed E-state index contributed by atoms with van der Waals surface area (Å²) >= 11 is 0. The van der Waals surface area contributed by atoms with Gasteiger partial charge in [0.05, 0.1) is 11.7 Å². The van der Waals surface area contributed by atoms with E-state index in [1.165, 1.54) is 44.1 Å². The topological polar surface area (TPSA) is 9.23 Å². The van der Waals surface area contributed by atoms with Crippen LogP contribution < -0.4 is 0 Å². The van der Waals surface area contributed by atoms with Gasteiger partial charge < -0.3 is 4.74 Å². The molecule has 0 spiro atoms. The molecule has 4 rings (SSSR count). The van der Waals surface area contributed by atoms with Crippen molar-refractivity contribution in [3.8, 4) is 11.1 Å². The van der Waals surface area contributed by atoms with Crippen LogP contribution in [-0.4, -0.2) is 12.7 Å². The molecule has 2 saturated carbocycles. The average Bonchev–Trinajstić information content (AvgIpc) is 2.73. The number of ether oxygens (including phenoxy) is 1. The first-order valence-electron chi connectivity index (χ1n) is 10.8. The van der Waals surface area contributed by atoms with Crippen molar-refractivity contribution in [1.29, 1.82) is 0 Å². The molecule has 2 aliphatic rings. The zero-order valence-electron chi connectivity index (χ0n) is 16.9. The molecule has 2 fully saturated rings. The number of hydrogen-bond donors (Lipinski definition) is 0. The number of benzene rings is 2. The lowest BCUT2D eigenvalue weighted by Gasteiger charge is -2.42. The number of alkyl halides is 3. The molecule has 0 aromatic heterocycles. The van der Waals surface area contributed by atoms with Gasteiger partial charge in [-0.3, -0.25) is 0 Å². The second-order valence-corrected chi connectivity index (χ2v) is 8.62. The first kappa shape index (κ1) is 20.5. The van der Waals surface area contributed by atoms with E-state index in [4.69, 9.17) is 4.74 Å². The van der Waals surface area contributed by atoms with Crippen LogP contribution in [0, 0.1) is 11.8 Å². The van der Waals surface area contributed by atoms with E-state index in [0.29, 0.717) is 12.0 Å². The number of rotatable bonds is 4. The fourth-order valence-corrected chi connectivity index (χ4v) is 5.34. The molecule has 0 amide bonds. The molecule has 4 unspecified atom stereocenters. The number of fused-ring (bicyclic) bond motifs is 1. The van der Waals surface area contributed by atoms with Crippen molar-refractivity contribution in [2.45, 2.75) is 63.6 Å². The van der Waals surface area contributed by atoms with Gasteiger partial charge in [0.25, 0.3) is 0 Å². The van der Waals surface area contributed by atoms with Crippen LogP contribution in [-0.2, 0) is 10.9 Å². The lowest BCUT2D eigenvalue weighted by molar-refractivity contribution is -0.137. The van der Waals surface area contributed by atoms with Crippen molar-refractivity contribution in [3.63, 3.8) is 0 Å². The predicted octanol–water partition coefficient (Wildman–Crippen LogP) is 7.46. The van der Waals surface area contributed by atoms with E-state index in [-0.39, 0.29) is 0 Å². The minimum Gasteiger partial charge on any atom is -0.378 e. The van der Waals surface area contributed by atoms with Crippen molar-refractivity contribution < 1.29 is 17.9 Å². The molecule has 0 N–H and O–H groups in total. The molecular formula is C25H29F3O. The summed E-state index contributed by atoms with van der Waals surface area (Å²) in [6.45, 7) is 2.90. The van der Waals surface area contributed by atoms with Gasteiger partial charge in [-0.2, -0.15) is 13.2 Å². The lowest BCUT2D eigenvalue weighted by Crippen LogP contribution is -2.33. The van der Waals surface area contributed by atoms with Gasteiger partial charge in [0.1, 0.15) is 0 Å². The first-order valence-corrected chi connectivity index (χ1v) is 10.8. The smallest absolute Gasteiger partial charge is 0.378 e. The maximum Gasteiger partial charge on any atom is 0.416 e. The Balaban J connectivity index is 1.40.